The van der Waals surface area contributed by atoms with Crippen molar-refractivity contribution in [3.63, 3.8) is 0 Å². The van der Waals surface area contributed by atoms with Crippen LogP contribution in [-0.4, -0.2) is 15.6 Å². The standard InChI is InChI=1S/C13H22N2O/c1-6-15-12(7-10(4)14-15)8-13(16)11(5)9(2)3/h7,9,11H,6,8H2,1-5H3. The molecule has 1 unspecified atom stereocenters. The van der Waals surface area contributed by atoms with Gasteiger partial charge in [0.05, 0.1) is 5.69 Å². The number of aryl methyl sites for hydroxylation is 2. The van der Waals surface area contributed by atoms with Crippen LogP contribution in [0.5, 0.6) is 0 Å². The van der Waals surface area contributed by atoms with Gasteiger partial charge >= 0.3 is 0 Å². The first-order chi connectivity index (χ1) is 7.45. The molecule has 0 amide bonds. The van der Waals surface area contributed by atoms with Crippen molar-refractivity contribution in [1.82, 2.24) is 9.78 Å². The minimum atomic E-state index is 0.125. The summed E-state index contributed by atoms with van der Waals surface area (Å²) in [7, 11) is 0. The first-order valence-corrected chi connectivity index (χ1v) is 6.01. The second-order valence-corrected chi connectivity index (χ2v) is 4.77. The lowest BCUT2D eigenvalue weighted by atomic mass is 9.91. The van der Waals surface area contributed by atoms with E-state index in [1.165, 1.54) is 0 Å². The average Bonchev–Trinajstić information content (AvgIpc) is 2.57. The summed E-state index contributed by atoms with van der Waals surface area (Å²) < 4.78 is 1.92. The molecular formula is C13H22N2O. The van der Waals surface area contributed by atoms with Gasteiger partial charge in [0, 0.05) is 24.6 Å². The van der Waals surface area contributed by atoms with E-state index >= 15 is 0 Å². The smallest absolute Gasteiger partial charge is 0.141 e. The summed E-state index contributed by atoms with van der Waals surface area (Å²) in [6, 6.07) is 2.01. The maximum atomic E-state index is 12.0. The highest BCUT2D eigenvalue weighted by Crippen LogP contribution is 2.14. The lowest BCUT2D eigenvalue weighted by molar-refractivity contribution is -0.123. The number of Topliss-reactive ketones (excluding diaryl/α,β-unsaturated/α-hetero) is 1. The van der Waals surface area contributed by atoms with Gasteiger partial charge in [0.1, 0.15) is 5.78 Å². The Morgan fingerprint density at radius 3 is 2.56 bits per heavy atom. The van der Waals surface area contributed by atoms with Gasteiger partial charge < -0.3 is 0 Å². The molecule has 1 atom stereocenters. The summed E-state index contributed by atoms with van der Waals surface area (Å²) in [5.74, 6) is 0.844. The summed E-state index contributed by atoms with van der Waals surface area (Å²) in [5.41, 5.74) is 2.03. The molecule has 16 heavy (non-hydrogen) atoms. The van der Waals surface area contributed by atoms with Gasteiger partial charge in [0.15, 0.2) is 0 Å². The molecule has 1 aromatic heterocycles. The van der Waals surface area contributed by atoms with Crippen LogP contribution in [-0.2, 0) is 17.8 Å². The Morgan fingerprint density at radius 1 is 1.44 bits per heavy atom. The van der Waals surface area contributed by atoms with Crippen molar-refractivity contribution in [2.24, 2.45) is 11.8 Å². The Labute approximate surface area is 97.8 Å². The van der Waals surface area contributed by atoms with E-state index in [0.717, 1.165) is 17.9 Å². The molecule has 1 aromatic rings. The van der Waals surface area contributed by atoms with Crippen molar-refractivity contribution in [2.75, 3.05) is 0 Å². The molecule has 1 heterocycles. The van der Waals surface area contributed by atoms with Crippen LogP contribution >= 0.6 is 0 Å². The van der Waals surface area contributed by atoms with Crippen molar-refractivity contribution in [1.29, 1.82) is 0 Å². The maximum absolute atomic E-state index is 12.0. The molecule has 90 valence electrons. The topological polar surface area (TPSA) is 34.9 Å². The van der Waals surface area contributed by atoms with E-state index in [-0.39, 0.29) is 5.92 Å². The second-order valence-electron chi connectivity index (χ2n) is 4.77. The predicted octanol–water partition coefficient (Wildman–Crippen LogP) is 2.62. The van der Waals surface area contributed by atoms with Gasteiger partial charge in [-0.15, -0.1) is 0 Å². The van der Waals surface area contributed by atoms with Gasteiger partial charge in [-0.25, -0.2) is 0 Å². The number of carbonyl (C=O) groups is 1. The number of nitrogens with zero attached hydrogens (tertiary/aromatic N) is 2. The minimum absolute atomic E-state index is 0.125. The van der Waals surface area contributed by atoms with Crippen LogP contribution < -0.4 is 0 Å². The molecule has 0 radical (unpaired) electrons. The highest BCUT2D eigenvalue weighted by molar-refractivity contribution is 5.82. The average molecular weight is 222 g/mol. The van der Waals surface area contributed by atoms with E-state index in [2.05, 4.69) is 18.9 Å². The molecule has 0 bridgehead atoms. The zero-order chi connectivity index (χ0) is 12.3. The fourth-order valence-electron chi connectivity index (χ4n) is 1.73. The lowest BCUT2D eigenvalue weighted by Gasteiger charge is -2.14. The third-order valence-electron chi connectivity index (χ3n) is 3.15. The van der Waals surface area contributed by atoms with Gasteiger partial charge in [-0.2, -0.15) is 5.10 Å². The predicted molar refractivity (Wildman–Crippen MR) is 65.4 cm³/mol. The number of rotatable bonds is 5. The fourth-order valence-corrected chi connectivity index (χ4v) is 1.73. The molecule has 0 aromatic carbocycles. The van der Waals surface area contributed by atoms with E-state index in [1.54, 1.807) is 0 Å². The van der Waals surface area contributed by atoms with Crippen LogP contribution in [0.4, 0.5) is 0 Å². The normalized spacial score (nSPS) is 13.1. The summed E-state index contributed by atoms with van der Waals surface area (Å²) in [6.07, 6.45) is 0.508. The molecule has 0 fully saturated rings. The summed E-state index contributed by atoms with van der Waals surface area (Å²) in [5, 5.41) is 4.35. The summed E-state index contributed by atoms with van der Waals surface area (Å²) in [6.45, 7) is 11.0. The summed E-state index contributed by atoms with van der Waals surface area (Å²) in [4.78, 5) is 12.0. The van der Waals surface area contributed by atoms with Crippen molar-refractivity contribution in [3.8, 4) is 0 Å². The number of hydrogen-bond acceptors (Lipinski definition) is 2. The van der Waals surface area contributed by atoms with E-state index < -0.39 is 0 Å². The minimum Gasteiger partial charge on any atom is -0.299 e. The number of ketones is 1. The Bertz CT molecular complexity index is 366. The first kappa shape index (κ1) is 12.9. The van der Waals surface area contributed by atoms with Crippen LogP contribution in [0.15, 0.2) is 6.07 Å². The van der Waals surface area contributed by atoms with E-state index in [9.17, 15) is 4.79 Å². The highest BCUT2D eigenvalue weighted by atomic mass is 16.1. The second kappa shape index (κ2) is 5.28. The third-order valence-corrected chi connectivity index (χ3v) is 3.15. The van der Waals surface area contributed by atoms with Crippen molar-refractivity contribution < 1.29 is 4.79 Å². The molecule has 0 aliphatic carbocycles. The largest absolute Gasteiger partial charge is 0.299 e. The molecule has 0 saturated carbocycles. The highest BCUT2D eigenvalue weighted by Gasteiger charge is 2.18. The Morgan fingerprint density at radius 2 is 2.06 bits per heavy atom. The van der Waals surface area contributed by atoms with Crippen molar-refractivity contribution in [2.45, 2.75) is 47.6 Å². The van der Waals surface area contributed by atoms with Gasteiger partial charge in [-0.05, 0) is 25.8 Å². The maximum Gasteiger partial charge on any atom is 0.141 e. The molecule has 3 nitrogen and oxygen atoms in total. The molecule has 0 saturated heterocycles. The van der Waals surface area contributed by atoms with E-state index in [0.29, 0.717) is 18.1 Å². The molecule has 0 aliphatic heterocycles. The van der Waals surface area contributed by atoms with Gasteiger partial charge in [-0.3, -0.25) is 9.48 Å². The van der Waals surface area contributed by atoms with Crippen LogP contribution in [0.25, 0.3) is 0 Å². The Balaban J connectivity index is 2.76. The van der Waals surface area contributed by atoms with Crippen LogP contribution in [0.3, 0.4) is 0 Å². The fraction of sp³-hybridized carbons (Fsp3) is 0.692. The van der Waals surface area contributed by atoms with Crippen molar-refractivity contribution >= 4 is 5.78 Å². The third kappa shape index (κ3) is 2.94. The molecule has 0 N–H and O–H groups in total. The van der Waals surface area contributed by atoms with Gasteiger partial charge in [0.2, 0.25) is 0 Å². The first-order valence-electron chi connectivity index (χ1n) is 6.01. The van der Waals surface area contributed by atoms with Crippen LogP contribution in [0.2, 0.25) is 0 Å². The molecular weight excluding hydrogens is 200 g/mol. The summed E-state index contributed by atoms with van der Waals surface area (Å²) >= 11 is 0. The Kier molecular flexibility index (Phi) is 4.27. The molecule has 1 rings (SSSR count). The SMILES string of the molecule is CCn1nc(C)cc1CC(=O)C(C)C(C)C. The van der Waals surface area contributed by atoms with Crippen LogP contribution in [0.1, 0.15) is 39.1 Å². The Hall–Kier alpha value is -1.12. The zero-order valence-electron chi connectivity index (χ0n) is 10.9. The molecule has 3 heteroatoms. The number of aromatic nitrogens is 2. The molecule has 0 aliphatic rings. The zero-order valence-corrected chi connectivity index (χ0v) is 10.9. The quantitative estimate of drug-likeness (QED) is 0.767. The lowest BCUT2D eigenvalue weighted by Crippen LogP contribution is -2.20. The molecule has 0 spiro atoms. The number of carbonyl (C=O) groups excluding carboxylic acids is 1. The van der Waals surface area contributed by atoms with Crippen LogP contribution in [0, 0.1) is 18.8 Å². The van der Waals surface area contributed by atoms with Gasteiger partial charge in [0.25, 0.3) is 0 Å². The van der Waals surface area contributed by atoms with E-state index in [1.807, 2.05) is 31.5 Å². The van der Waals surface area contributed by atoms with E-state index in [4.69, 9.17) is 0 Å². The van der Waals surface area contributed by atoms with Crippen molar-refractivity contribution in [3.05, 3.63) is 17.5 Å². The monoisotopic (exact) mass is 222 g/mol. The number of hydrogen-bond donors (Lipinski definition) is 0. The van der Waals surface area contributed by atoms with Gasteiger partial charge in [-0.1, -0.05) is 20.8 Å².